The van der Waals surface area contributed by atoms with Crippen LogP contribution in [0.3, 0.4) is 0 Å². The second-order valence-corrected chi connectivity index (χ2v) is 6.20. The van der Waals surface area contributed by atoms with Crippen LogP contribution in [0.2, 0.25) is 0 Å². The van der Waals surface area contributed by atoms with Gasteiger partial charge >= 0.3 is 0 Å². The Labute approximate surface area is 131 Å². The number of hydrogen-bond acceptors (Lipinski definition) is 4. The first kappa shape index (κ1) is 16.0. The van der Waals surface area contributed by atoms with E-state index in [2.05, 4.69) is 36.4 Å². The molecule has 0 spiro atoms. The minimum absolute atomic E-state index is 0.463. The van der Waals surface area contributed by atoms with Crippen molar-refractivity contribution in [3.8, 4) is 5.75 Å². The third-order valence-corrected chi connectivity index (χ3v) is 4.72. The molecule has 1 aromatic carbocycles. The van der Waals surface area contributed by atoms with E-state index in [1.165, 1.54) is 4.88 Å². The summed E-state index contributed by atoms with van der Waals surface area (Å²) in [5.41, 5.74) is 6.74. The Morgan fingerprint density at radius 1 is 1.29 bits per heavy atom. The van der Waals surface area contributed by atoms with Crippen molar-refractivity contribution in [1.82, 2.24) is 4.90 Å². The SMILES string of the molecule is CC(c1cccs1)N(C)CCCOc1cccc(CN)c1. The van der Waals surface area contributed by atoms with E-state index < -0.39 is 0 Å². The van der Waals surface area contributed by atoms with Gasteiger partial charge in [-0.3, -0.25) is 4.90 Å². The molecule has 2 aromatic rings. The molecule has 1 heterocycles. The molecule has 3 nitrogen and oxygen atoms in total. The van der Waals surface area contributed by atoms with Gasteiger partial charge in [0.05, 0.1) is 6.61 Å². The molecule has 1 atom stereocenters. The fraction of sp³-hybridized carbons (Fsp3) is 0.412. The first-order chi connectivity index (χ1) is 10.2. The molecule has 0 saturated carbocycles. The molecule has 2 rings (SSSR count). The Bertz CT molecular complexity index is 527. The van der Waals surface area contributed by atoms with Gasteiger partial charge in [-0.1, -0.05) is 18.2 Å². The molecule has 0 aliphatic carbocycles. The molecule has 0 aliphatic rings. The molecule has 0 bridgehead atoms. The molecule has 1 unspecified atom stereocenters. The van der Waals surface area contributed by atoms with Crippen molar-refractivity contribution in [1.29, 1.82) is 0 Å². The van der Waals surface area contributed by atoms with Crippen LogP contribution < -0.4 is 10.5 Å². The van der Waals surface area contributed by atoms with E-state index in [0.717, 1.165) is 30.9 Å². The maximum absolute atomic E-state index is 5.79. The van der Waals surface area contributed by atoms with Gasteiger partial charge in [-0.05, 0) is 49.5 Å². The zero-order valence-corrected chi connectivity index (χ0v) is 13.6. The fourth-order valence-electron chi connectivity index (χ4n) is 2.21. The van der Waals surface area contributed by atoms with E-state index in [0.29, 0.717) is 12.6 Å². The molecule has 1 aromatic heterocycles. The number of rotatable bonds is 8. The Morgan fingerprint density at radius 2 is 2.14 bits per heavy atom. The Hall–Kier alpha value is -1.36. The number of nitrogens with two attached hydrogens (primary N) is 1. The lowest BCUT2D eigenvalue weighted by molar-refractivity contribution is 0.228. The van der Waals surface area contributed by atoms with Gasteiger partial charge < -0.3 is 10.5 Å². The van der Waals surface area contributed by atoms with Crippen molar-refractivity contribution in [2.24, 2.45) is 5.73 Å². The van der Waals surface area contributed by atoms with Crippen molar-refractivity contribution in [3.63, 3.8) is 0 Å². The second kappa shape index (κ2) is 8.17. The van der Waals surface area contributed by atoms with E-state index in [1.807, 2.05) is 35.6 Å². The number of thiophene rings is 1. The van der Waals surface area contributed by atoms with Crippen LogP contribution in [0.15, 0.2) is 41.8 Å². The van der Waals surface area contributed by atoms with Gasteiger partial charge in [0.25, 0.3) is 0 Å². The van der Waals surface area contributed by atoms with Gasteiger partial charge in [0, 0.05) is 24.0 Å². The van der Waals surface area contributed by atoms with Gasteiger partial charge in [-0.25, -0.2) is 0 Å². The van der Waals surface area contributed by atoms with Crippen molar-refractivity contribution < 1.29 is 4.74 Å². The van der Waals surface area contributed by atoms with E-state index in [4.69, 9.17) is 10.5 Å². The fourth-order valence-corrected chi connectivity index (χ4v) is 3.05. The summed E-state index contributed by atoms with van der Waals surface area (Å²) in [5, 5.41) is 2.13. The smallest absolute Gasteiger partial charge is 0.119 e. The molecule has 2 N–H and O–H groups in total. The first-order valence-corrected chi connectivity index (χ1v) is 8.24. The summed E-state index contributed by atoms with van der Waals surface area (Å²) < 4.78 is 5.79. The minimum Gasteiger partial charge on any atom is -0.494 e. The van der Waals surface area contributed by atoms with Crippen LogP contribution in [0.25, 0.3) is 0 Å². The maximum Gasteiger partial charge on any atom is 0.119 e. The number of nitrogens with zero attached hydrogens (tertiary/aromatic N) is 1. The van der Waals surface area contributed by atoms with Gasteiger partial charge in [-0.2, -0.15) is 0 Å². The van der Waals surface area contributed by atoms with Crippen LogP contribution in [0, 0.1) is 0 Å². The maximum atomic E-state index is 5.79. The van der Waals surface area contributed by atoms with Crippen LogP contribution in [0.1, 0.15) is 29.8 Å². The van der Waals surface area contributed by atoms with E-state index in [-0.39, 0.29) is 0 Å². The minimum atomic E-state index is 0.463. The summed E-state index contributed by atoms with van der Waals surface area (Å²) >= 11 is 1.81. The Kier molecular flexibility index (Phi) is 6.23. The zero-order chi connectivity index (χ0) is 15.1. The summed E-state index contributed by atoms with van der Waals surface area (Å²) in [6.07, 6.45) is 1.01. The predicted octanol–water partition coefficient (Wildman–Crippen LogP) is 3.67. The summed E-state index contributed by atoms with van der Waals surface area (Å²) in [5.74, 6) is 0.909. The van der Waals surface area contributed by atoms with Gasteiger partial charge in [0.15, 0.2) is 0 Å². The molecular weight excluding hydrogens is 280 g/mol. The largest absolute Gasteiger partial charge is 0.494 e. The summed E-state index contributed by atoms with van der Waals surface area (Å²) in [6, 6.07) is 12.8. The third-order valence-electron chi connectivity index (χ3n) is 3.67. The normalized spacial score (nSPS) is 12.6. The van der Waals surface area contributed by atoms with Gasteiger partial charge in [0.2, 0.25) is 0 Å². The van der Waals surface area contributed by atoms with E-state index in [9.17, 15) is 0 Å². The van der Waals surface area contributed by atoms with Crippen LogP contribution in [-0.2, 0) is 6.54 Å². The summed E-state index contributed by atoms with van der Waals surface area (Å²) in [4.78, 5) is 3.78. The van der Waals surface area contributed by atoms with Crippen LogP contribution in [-0.4, -0.2) is 25.1 Å². The Morgan fingerprint density at radius 3 is 2.86 bits per heavy atom. The quantitative estimate of drug-likeness (QED) is 0.756. The molecule has 0 amide bonds. The number of hydrogen-bond donors (Lipinski definition) is 1. The number of ether oxygens (including phenoxy) is 1. The monoisotopic (exact) mass is 304 g/mol. The number of benzene rings is 1. The summed E-state index contributed by atoms with van der Waals surface area (Å²) in [7, 11) is 2.17. The van der Waals surface area contributed by atoms with Crippen molar-refractivity contribution in [2.75, 3.05) is 20.2 Å². The average molecular weight is 304 g/mol. The first-order valence-electron chi connectivity index (χ1n) is 7.36. The topological polar surface area (TPSA) is 38.5 Å². The molecule has 0 fully saturated rings. The molecule has 114 valence electrons. The summed E-state index contributed by atoms with van der Waals surface area (Å²) in [6.45, 7) is 4.56. The van der Waals surface area contributed by atoms with Crippen LogP contribution >= 0.6 is 11.3 Å². The van der Waals surface area contributed by atoms with Gasteiger partial charge in [0.1, 0.15) is 5.75 Å². The molecular formula is C17H24N2OS. The molecule has 0 radical (unpaired) electrons. The lowest BCUT2D eigenvalue weighted by Crippen LogP contribution is -2.24. The third kappa shape index (κ3) is 4.84. The highest BCUT2D eigenvalue weighted by molar-refractivity contribution is 7.10. The molecule has 4 heteroatoms. The highest BCUT2D eigenvalue weighted by Gasteiger charge is 2.11. The standard InChI is InChI=1S/C17H24N2OS/c1-14(17-8-4-11-21-17)19(2)9-5-10-20-16-7-3-6-15(12-16)13-18/h3-4,6-8,11-12,14H,5,9-10,13,18H2,1-2H3. The lowest BCUT2D eigenvalue weighted by atomic mass is 10.2. The zero-order valence-electron chi connectivity index (χ0n) is 12.8. The van der Waals surface area contributed by atoms with Crippen LogP contribution in [0.4, 0.5) is 0 Å². The van der Waals surface area contributed by atoms with E-state index >= 15 is 0 Å². The molecule has 0 aliphatic heterocycles. The highest BCUT2D eigenvalue weighted by atomic mass is 32.1. The van der Waals surface area contributed by atoms with Crippen molar-refractivity contribution in [2.45, 2.75) is 25.9 Å². The predicted molar refractivity (Wildman–Crippen MR) is 89.8 cm³/mol. The van der Waals surface area contributed by atoms with Crippen molar-refractivity contribution in [3.05, 3.63) is 52.2 Å². The highest BCUT2D eigenvalue weighted by Crippen LogP contribution is 2.23. The van der Waals surface area contributed by atoms with E-state index in [1.54, 1.807) is 0 Å². The molecule has 21 heavy (non-hydrogen) atoms. The second-order valence-electron chi connectivity index (χ2n) is 5.23. The molecule has 0 saturated heterocycles. The average Bonchev–Trinajstić information content (AvgIpc) is 3.05. The van der Waals surface area contributed by atoms with Gasteiger partial charge in [-0.15, -0.1) is 11.3 Å². The Balaban J connectivity index is 1.71. The lowest BCUT2D eigenvalue weighted by Gasteiger charge is -2.23. The van der Waals surface area contributed by atoms with Crippen LogP contribution in [0.5, 0.6) is 5.75 Å². The van der Waals surface area contributed by atoms with Crippen molar-refractivity contribution >= 4 is 11.3 Å².